The van der Waals surface area contributed by atoms with E-state index in [9.17, 15) is 9.59 Å². The Kier molecular flexibility index (Phi) is 7.28. The minimum atomic E-state index is 0.205. The Bertz CT molecular complexity index is 473. The van der Waals surface area contributed by atoms with Crippen molar-refractivity contribution in [3.63, 3.8) is 0 Å². The molecule has 148 valence electrons. The molecule has 0 aromatic heterocycles. The van der Waals surface area contributed by atoms with Gasteiger partial charge in [0.15, 0.2) is 0 Å². The number of piperazine rings is 1. The van der Waals surface area contributed by atoms with E-state index in [0.717, 1.165) is 52.0 Å². The van der Waals surface area contributed by atoms with Crippen LogP contribution in [0.5, 0.6) is 0 Å². The lowest BCUT2D eigenvalue weighted by Crippen LogP contribution is -2.54. The first kappa shape index (κ1) is 19.6. The molecule has 3 saturated heterocycles. The fourth-order valence-electron chi connectivity index (χ4n) is 4.25. The Hall–Kier alpha value is -1.18. The van der Waals surface area contributed by atoms with Crippen molar-refractivity contribution in [3.8, 4) is 0 Å². The first-order valence-corrected chi connectivity index (χ1v) is 10.3. The third kappa shape index (κ3) is 5.18. The number of hydrogen-bond donors (Lipinski definition) is 0. The molecule has 0 aromatic carbocycles. The molecule has 2 amide bonds. The number of carbonyl (C=O) groups is 2. The first-order chi connectivity index (χ1) is 12.7. The average molecular weight is 367 g/mol. The van der Waals surface area contributed by atoms with Gasteiger partial charge in [-0.05, 0) is 25.7 Å². The van der Waals surface area contributed by atoms with Gasteiger partial charge in [-0.2, -0.15) is 0 Å². The second-order valence-electron chi connectivity index (χ2n) is 7.69. The van der Waals surface area contributed by atoms with Crippen LogP contribution >= 0.6 is 0 Å². The van der Waals surface area contributed by atoms with Gasteiger partial charge in [0.2, 0.25) is 11.8 Å². The van der Waals surface area contributed by atoms with Crippen molar-refractivity contribution < 1.29 is 14.3 Å². The number of morpholine rings is 1. The summed E-state index contributed by atoms with van der Waals surface area (Å²) in [6.07, 6.45) is 4.60. The monoisotopic (exact) mass is 366 g/mol. The van der Waals surface area contributed by atoms with Gasteiger partial charge in [-0.1, -0.05) is 6.92 Å². The predicted octanol–water partition coefficient (Wildman–Crippen LogP) is 0.254. The highest BCUT2D eigenvalue weighted by Crippen LogP contribution is 2.20. The molecule has 1 unspecified atom stereocenters. The summed E-state index contributed by atoms with van der Waals surface area (Å²) in [5.74, 6) is 0.492. The number of ether oxygens (including phenoxy) is 1. The maximum atomic E-state index is 12.7. The minimum Gasteiger partial charge on any atom is -0.378 e. The third-order valence-electron chi connectivity index (χ3n) is 5.97. The molecule has 3 heterocycles. The zero-order chi connectivity index (χ0) is 18.4. The van der Waals surface area contributed by atoms with E-state index >= 15 is 0 Å². The molecule has 3 rings (SSSR count). The number of carbonyl (C=O) groups excluding carboxylic acids is 2. The summed E-state index contributed by atoms with van der Waals surface area (Å²) in [6.45, 7) is 10.3. The molecule has 7 nitrogen and oxygen atoms in total. The van der Waals surface area contributed by atoms with Gasteiger partial charge in [0.25, 0.3) is 0 Å². The molecular weight excluding hydrogens is 332 g/mol. The molecule has 0 aliphatic carbocycles. The van der Waals surface area contributed by atoms with E-state index in [1.165, 1.54) is 6.42 Å². The van der Waals surface area contributed by atoms with Crippen LogP contribution in [-0.2, 0) is 14.3 Å². The van der Waals surface area contributed by atoms with Crippen molar-refractivity contribution in [3.05, 3.63) is 0 Å². The summed E-state index contributed by atoms with van der Waals surface area (Å²) in [4.78, 5) is 33.5. The fraction of sp³-hybridized carbons (Fsp3) is 0.895. The van der Waals surface area contributed by atoms with Crippen LogP contribution < -0.4 is 0 Å². The van der Waals surface area contributed by atoms with Gasteiger partial charge in [-0.25, -0.2) is 0 Å². The van der Waals surface area contributed by atoms with Crippen LogP contribution in [0.3, 0.4) is 0 Å². The van der Waals surface area contributed by atoms with Gasteiger partial charge in [0, 0.05) is 51.9 Å². The van der Waals surface area contributed by atoms with Crippen LogP contribution in [0.25, 0.3) is 0 Å². The van der Waals surface area contributed by atoms with Crippen molar-refractivity contribution in [1.29, 1.82) is 0 Å². The molecular formula is C19H34N4O3. The van der Waals surface area contributed by atoms with Crippen LogP contribution in [0.15, 0.2) is 0 Å². The quantitative estimate of drug-likeness (QED) is 0.698. The minimum absolute atomic E-state index is 0.205. The number of hydrogen-bond acceptors (Lipinski definition) is 5. The highest BCUT2D eigenvalue weighted by molar-refractivity contribution is 5.79. The number of amides is 2. The van der Waals surface area contributed by atoms with Gasteiger partial charge in [0.1, 0.15) is 0 Å². The summed E-state index contributed by atoms with van der Waals surface area (Å²) >= 11 is 0. The average Bonchev–Trinajstić information content (AvgIpc) is 2.70. The van der Waals surface area contributed by atoms with Crippen LogP contribution in [0.1, 0.15) is 32.6 Å². The van der Waals surface area contributed by atoms with E-state index in [1.807, 2.05) is 4.90 Å². The molecule has 3 fully saturated rings. The maximum Gasteiger partial charge on any atom is 0.236 e. The van der Waals surface area contributed by atoms with Crippen molar-refractivity contribution in [2.24, 2.45) is 0 Å². The molecule has 1 atom stereocenters. The van der Waals surface area contributed by atoms with Crippen LogP contribution in [0.2, 0.25) is 0 Å². The van der Waals surface area contributed by atoms with Gasteiger partial charge in [0.05, 0.1) is 26.3 Å². The number of nitrogens with zero attached hydrogens (tertiary/aromatic N) is 4. The Balaban J connectivity index is 1.39. The standard InChI is InChI=1S/C19H34N4O3/c1-2-17-5-3-4-6-23(17)19(25)16-21-9-7-20(8-10-21)15-18(24)22-11-13-26-14-12-22/h17H,2-16H2,1H3. The molecule has 0 spiro atoms. The van der Waals surface area contributed by atoms with E-state index in [-0.39, 0.29) is 11.8 Å². The van der Waals surface area contributed by atoms with E-state index in [4.69, 9.17) is 4.74 Å². The van der Waals surface area contributed by atoms with E-state index in [2.05, 4.69) is 21.6 Å². The topological polar surface area (TPSA) is 56.3 Å². The summed E-state index contributed by atoms with van der Waals surface area (Å²) in [5, 5.41) is 0. The molecule has 0 radical (unpaired) electrons. The zero-order valence-corrected chi connectivity index (χ0v) is 16.2. The SMILES string of the molecule is CCC1CCCCN1C(=O)CN1CCN(CC(=O)N2CCOCC2)CC1. The smallest absolute Gasteiger partial charge is 0.236 e. The Morgan fingerprint density at radius 3 is 2.08 bits per heavy atom. The summed E-state index contributed by atoms with van der Waals surface area (Å²) in [7, 11) is 0. The highest BCUT2D eigenvalue weighted by Gasteiger charge is 2.28. The Morgan fingerprint density at radius 1 is 0.846 bits per heavy atom. The molecule has 7 heteroatoms. The third-order valence-corrected chi connectivity index (χ3v) is 5.97. The highest BCUT2D eigenvalue weighted by atomic mass is 16.5. The van der Waals surface area contributed by atoms with E-state index in [0.29, 0.717) is 45.4 Å². The van der Waals surface area contributed by atoms with E-state index < -0.39 is 0 Å². The summed E-state index contributed by atoms with van der Waals surface area (Å²) in [5.41, 5.74) is 0. The predicted molar refractivity (Wildman–Crippen MR) is 99.9 cm³/mol. The van der Waals surface area contributed by atoms with E-state index in [1.54, 1.807) is 0 Å². The molecule has 0 saturated carbocycles. The Morgan fingerprint density at radius 2 is 1.46 bits per heavy atom. The summed E-state index contributed by atoms with van der Waals surface area (Å²) in [6, 6.07) is 0.434. The molecule has 0 aromatic rings. The molecule has 0 N–H and O–H groups in total. The van der Waals surface area contributed by atoms with Gasteiger partial charge < -0.3 is 14.5 Å². The molecule has 0 bridgehead atoms. The van der Waals surface area contributed by atoms with Gasteiger partial charge in [-0.3, -0.25) is 19.4 Å². The largest absolute Gasteiger partial charge is 0.378 e. The van der Waals surface area contributed by atoms with Gasteiger partial charge >= 0.3 is 0 Å². The zero-order valence-electron chi connectivity index (χ0n) is 16.2. The van der Waals surface area contributed by atoms with Crippen molar-refractivity contribution in [2.45, 2.75) is 38.6 Å². The lowest BCUT2D eigenvalue weighted by Gasteiger charge is -2.39. The molecule has 3 aliphatic heterocycles. The number of piperidine rings is 1. The van der Waals surface area contributed by atoms with Crippen molar-refractivity contribution >= 4 is 11.8 Å². The molecule has 26 heavy (non-hydrogen) atoms. The lowest BCUT2D eigenvalue weighted by atomic mass is 10.00. The number of rotatable bonds is 5. The van der Waals surface area contributed by atoms with Crippen molar-refractivity contribution in [2.75, 3.05) is 72.1 Å². The first-order valence-electron chi connectivity index (χ1n) is 10.3. The second kappa shape index (κ2) is 9.67. The number of likely N-dealkylation sites (tertiary alicyclic amines) is 1. The second-order valence-corrected chi connectivity index (χ2v) is 7.69. The van der Waals surface area contributed by atoms with Crippen LogP contribution in [0.4, 0.5) is 0 Å². The fourth-order valence-corrected chi connectivity index (χ4v) is 4.25. The van der Waals surface area contributed by atoms with Crippen LogP contribution in [0, 0.1) is 0 Å². The lowest BCUT2D eigenvalue weighted by molar-refractivity contribution is -0.139. The van der Waals surface area contributed by atoms with Crippen molar-refractivity contribution in [1.82, 2.24) is 19.6 Å². The Labute approximate surface area is 157 Å². The van der Waals surface area contributed by atoms with Gasteiger partial charge in [-0.15, -0.1) is 0 Å². The summed E-state index contributed by atoms with van der Waals surface area (Å²) < 4.78 is 5.31. The molecule has 3 aliphatic rings. The van der Waals surface area contributed by atoms with Crippen LogP contribution in [-0.4, -0.2) is 110 Å². The normalized spacial score (nSPS) is 26.1. The maximum absolute atomic E-state index is 12.7.